The van der Waals surface area contributed by atoms with E-state index in [1.54, 1.807) is 0 Å². The first kappa shape index (κ1) is 19.5. The molecule has 0 aliphatic rings. The predicted molar refractivity (Wildman–Crippen MR) is 78.5 cm³/mol. The molecule has 0 amide bonds. The molecule has 1 N–H and O–H groups in total. The molecule has 0 fully saturated rings. The summed E-state index contributed by atoms with van der Waals surface area (Å²) in [5, 5.41) is 2.96. The van der Waals surface area contributed by atoms with E-state index in [-0.39, 0.29) is 17.3 Å². The van der Waals surface area contributed by atoms with Gasteiger partial charge >= 0.3 is 5.97 Å². The van der Waals surface area contributed by atoms with Crippen molar-refractivity contribution < 1.29 is 9.53 Å². The fourth-order valence-corrected chi connectivity index (χ4v) is 1.61. The lowest BCUT2D eigenvalue weighted by Crippen LogP contribution is -2.29. The topological polar surface area (TPSA) is 38.3 Å². The summed E-state index contributed by atoms with van der Waals surface area (Å²) < 4.78 is 5.25. The minimum Gasteiger partial charge on any atom is -0.464 e. The van der Waals surface area contributed by atoms with Crippen LogP contribution in [0.5, 0.6) is 0 Å². The molecule has 0 aliphatic heterocycles. The molecule has 0 heterocycles. The van der Waals surface area contributed by atoms with Crippen molar-refractivity contribution in [3.8, 4) is 0 Å². The first-order valence-electron chi connectivity index (χ1n) is 6.59. The van der Waals surface area contributed by atoms with E-state index in [2.05, 4.69) is 53.1 Å². The van der Waals surface area contributed by atoms with Crippen LogP contribution in [0.2, 0.25) is 0 Å². The number of likely N-dealkylation sites (N-methyl/N-ethyl adjacent to an activating group) is 1. The molecule has 0 bridgehead atoms. The van der Waals surface area contributed by atoms with Gasteiger partial charge < -0.3 is 10.1 Å². The molecule has 18 heavy (non-hydrogen) atoms. The third-order valence-corrected chi connectivity index (χ3v) is 2.54. The smallest absolute Gasteiger partial charge is 0.309 e. The minimum atomic E-state index is -0.0554. The molecule has 1 unspecified atom stereocenters. The van der Waals surface area contributed by atoms with Crippen LogP contribution >= 0.6 is 0 Å². The standard InChI is InChI=1S/C13H27NO2.C2H4/c1-10(2)11(9-13(3,4)5)12(15)16-8-7-14-6;1-2/h10-11,14H,7-9H2,1-6H3;1-2H2. The Hall–Kier alpha value is -0.830. The Morgan fingerprint density at radius 2 is 1.78 bits per heavy atom. The fourth-order valence-electron chi connectivity index (χ4n) is 1.61. The Morgan fingerprint density at radius 3 is 2.11 bits per heavy atom. The number of nitrogens with one attached hydrogen (secondary N) is 1. The van der Waals surface area contributed by atoms with E-state index in [0.29, 0.717) is 19.1 Å². The largest absolute Gasteiger partial charge is 0.464 e. The van der Waals surface area contributed by atoms with Crippen LogP contribution in [-0.2, 0) is 9.53 Å². The molecule has 3 heteroatoms. The lowest BCUT2D eigenvalue weighted by Gasteiger charge is -2.27. The third kappa shape index (κ3) is 10.3. The van der Waals surface area contributed by atoms with Crippen molar-refractivity contribution in [2.45, 2.75) is 41.0 Å². The second-order valence-electron chi connectivity index (χ2n) is 5.89. The van der Waals surface area contributed by atoms with Gasteiger partial charge in [-0.05, 0) is 24.8 Å². The van der Waals surface area contributed by atoms with E-state index in [1.165, 1.54) is 0 Å². The van der Waals surface area contributed by atoms with E-state index >= 15 is 0 Å². The Balaban J connectivity index is 0. The summed E-state index contributed by atoms with van der Waals surface area (Å²) in [6.07, 6.45) is 0.878. The highest BCUT2D eigenvalue weighted by Gasteiger charge is 2.28. The molecule has 0 aromatic rings. The first-order chi connectivity index (χ1) is 8.28. The molecule has 0 spiro atoms. The molecule has 0 aromatic heterocycles. The van der Waals surface area contributed by atoms with Gasteiger partial charge in [0.25, 0.3) is 0 Å². The second-order valence-corrected chi connectivity index (χ2v) is 5.89. The van der Waals surface area contributed by atoms with Gasteiger partial charge in [0, 0.05) is 6.54 Å². The number of hydrogen-bond donors (Lipinski definition) is 1. The van der Waals surface area contributed by atoms with Gasteiger partial charge in [0.1, 0.15) is 6.61 Å². The van der Waals surface area contributed by atoms with E-state index < -0.39 is 0 Å². The lowest BCUT2D eigenvalue weighted by atomic mass is 9.80. The van der Waals surface area contributed by atoms with Crippen LogP contribution < -0.4 is 5.32 Å². The van der Waals surface area contributed by atoms with E-state index in [9.17, 15) is 4.79 Å². The summed E-state index contributed by atoms with van der Waals surface area (Å²) >= 11 is 0. The Bertz CT molecular complexity index is 219. The van der Waals surface area contributed by atoms with Crippen molar-refractivity contribution in [3.63, 3.8) is 0 Å². The Labute approximate surface area is 113 Å². The zero-order valence-corrected chi connectivity index (χ0v) is 13.0. The van der Waals surface area contributed by atoms with Gasteiger partial charge in [-0.1, -0.05) is 34.6 Å². The highest BCUT2D eigenvalue weighted by molar-refractivity contribution is 5.72. The van der Waals surface area contributed by atoms with Crippen LogP contribution in [0.15, 0.2) is 13.2 Å². The van der Waals surface area contributed by atoms with Crippen molar-refractivity contribution in [2.24, 2.45) is 17.3 Å². The number of rotatable bonds is 6. The van der Waals surface area contributed by atoms with E-state index in [0.717, 1.165) is 6.42 Å². The molecule has 0 saturated heterocycles. The summed E-state index contributed by atoms with van der Waals surface area (Å²) in [7, 11) is 1.85. The van der Waals surface area contributed by atoms with Gasteiger partial charge in [-0.25, -0.2) is 0 Å². The lowest BCUT2D eigenvalue weighted by molar-refractivity contribution is -0.151. The van der Waals surface area contributed by atoms with Gasteiger partial charge in [0.05, 0.1) is 5.92 Å². The van der Waals surface area contributed by atoms with Gasteiger partial charge in [-0.2, -0.15) is 0 Å². The van der Waals surface area contributed by atoms with Crippen molar-refractivity contribution in [3.05, 3.63) is 13.2 Å². The molecule has 0 rings (SSSR count). The first-order valence-corrected chi connectivity index (χ1v) is 6.59. The van der Waals surface area contributed by atoms with Gasteiger partial charge in [0.15, 0.2) is 0 Å². The van der Waals surface area contributed by atoms with Crippen molar-refractivity contribution in [2.75, 3.05) is 20.2 Å². The SMILES string of the molecule is C=C.CNCCOC(=O)C(CC(C)(C)C)C(C)C. The summed E-state index contributed by atoms with van der Waals surface area (Å²) in [4.78, 5) is 11.9. The minimum absolute atomic E-state index is 0.0110. The number of carbonyl (C=O) groups is 1. The van der Waals surface area contributed by atoms with Crippen LogP contribution in [0.4, 0.5) is 0 Å². The maximum Gasteiger partial charge on any atom is 0.309 e. The summed E-state index contributed by atoms with van der Waals surface area (Å²) in [5.41, 5.74) is 0.164. The molecular formula is C15H31NO2. The highest BCUT2D eigenvalue weighted by atomic mass is 16.5. The van der Waals surface area contributed by atoms with Gasteiger partial charge in [0.2, 0.25) is 0 Å². The summed E-state index contributed by atoms with van der Waals surface area (Å²) in [6, 6.07) is 0. The molecule has 0 aromatic carbocycles. The van der Waals surface area contributed by atoms with Crippen LogP contribution in [0.3, 0.4) is 0 Å². The van der Waals surface area contributed by atoms with E-state index in [4.69, 9.17) is 4.74 Å². The molecule has 0 saturated carbocycles. The zero-order valence-electron chi connectivity index (χ0n) is 13.0. The number of carbonyl (C=O) groups excluding carboxylic acids is 1. The Kier molecular flexibility index (Phi) is 11.0. The number of esters is 1. The average molecular weight is 257 g/mol. The average Bonchev–Trinajstić information content (AvgIpc) is 2.27. The number of ether oxygens (including phenoxy) is 1. The predicted octanol–water partition coefficient (Wildman–Crippen LogP) is 3.26. The van der Waals surface area contributed by atoms with Crippen molar-refractivity contribution in [1.82, 2.24) is 5.32 Å². The van der Waals surface area contributed by atoms with Gasteiger partial charge in [-0.15, -0.1) is 13.2 Å². The summed E-state index contributed by atoms with van der Waals surface area (Å²) in [5.74, 6) is 0.290. The number of hydrogen-bond acceptors (Lipinski definition) is 3. The molecule has 0 aliphatic carbocycles. The molecule has 3 nitrogen and oxygen atoms in total. The summed E-state index contributed by atoms with van der Waals surface area (Å²) in [6.45, 7) is 17.8. The zero-order chi connectivity index (χ0) is 14.8. The molecular weight excluding hydrogens is 226 g/mol. The molecule has 0 radical (unpaired) electrons. The van der Waals surface area contributed by atoms with Crippen LogP contribution in [0.25, 0.3) is 0 Å². The highest BCUT2D eigenvalue weighted by Crippen LogP contribution is 2.29. The van der Waals surface area contributed by atoms with Crippen molar-refractivity contribution >= 4 is 5.97 Å². The maximum atomic E-state index is 11.9. The second kappa shape index (κ2) is 10.1. The monoisotopic (exact) mass is 257 g/mol. The fraction of sp³-hybridized carbons (Fsp3) is 0.800. The van der Waals surface area contributed by atoms with E-state index in [1.807, 2.05) is 7.05 Å². The maximum absolute atomic E-state index is 11.9. The van der Waals surface area contributed by atoms with Gasteiger partial charge in [-0.3, -0.25) is 4.79 Å². The van der Waals surface area contributed by atoms with Crippen LogP contribution in [0, 0.1) is 17.3 Å². The van der Waals surface area contributed by atoms with Crippen LogP contribution in [-0.4, -0.2) is 26.2 Å². The van der Waals surface area contributed by atoms with Crippen LogP contribution in [0.1, 0.15) is 41.0 Å². The molecule has 1 atom stereocenters. The normalized spacial score (nSPS) is 12.6. The Morgan fingerprint density at radius 1 is 1.28 bits per heavy atom. The van der Waals surface area contributed by atoms with Crippen molar-refractivity contribution in [1.29, 1.82) is 0 Å². The quantitative estimate of drug-likeness (QED) is 0.451. The third-order valence-electron chi connectivity index (χ3n) is 2.54. The molecule has 108 valence electrons.